The topological polar surface area (TPSA) is 58.2 Å². The molecule has 2 atom stereocenters. The predicted octanol–water partition coefficient (Wildman–Crippen LogP) is -0.322. The molecular weight excluding hydrogens is 188 g/mol. The minimum Gasteiger partial charge on any atom is -0.310 e. The lowest BCUT2D eigenvalue weighted by molar-refractivity contribution is 0.141. The van der Waals surface area contributed by atoms with Gasteiger partial charge < -0.3 is 5.32 Å². The lowest BCUT2D eigenvalue weighted by Gasteiger charge is -2.45. The van der Waals surface area contributed by atoms with Crippen LogP contribution in [0, 0.1) is 5.92 Å². The Labute approximate surface area is 79.1 Å². The molecule has 1 aliphatic heterocycles. The quantitative estimate of drug-likeness (QED) is 0.662. The molecule has 0 aromatic heterocycles. The largest absolute Gasteiger partial charge is 0.310 e. The summed E-state index contributed by atoms with van der Waals surface area (Å²) in [6.45, 7) is 1.60. The third-order valence-electron chi connectivity index (χ3n) is 3.34. The minimum absolute atomic E-state index is 0.100. The summed E-state index contributed by atoms with van der Waals surface area (Å²) in [5.74, 6) is 0.696. The Morgan fingerprint density at radius 3 is 2.77 bits per heavy atom. The molecule has 0 bridgehead atoms. The van der Waals surface area contributed by atoms with Crippen molar-refractivity contribution in [2.75, 3.05) is 19.3 Å². The van der Waals surface area contributed by atoms with Gasteiger partial charge in [0.05, 0.1) is 6.26 Å². The molecule has 1 aliphatic carbocycles. The Bertz CT molecular complexity index is 301. The van der Waals surface area contributed by atoms with E-state index in [1.165, 1.54) is 19.1 Å². The van der Waals surface area contributed by atoms with Crippen molar-refractivity contribution in [2.24, 2.45) is 5.92 Å². The predicted molar refractivity (Wildman–Crippen MR) is 50.9 cm³/mol. The molecular formula is C8H16N2O2S. The monoisotopic (exact) mass is 204 g/mol. The Morgan fingerprint density at radius 1 is 1.54 bits per heavy atom. The molecule has 1 saturated carbocycles. The van der Waals surface area contributed by atoms with Gasteiger partial charge in [0.1, 0.15) is 0 Å². The van der Waals surface area contributed by atoms with Gasteiger partial charge in [0, 0.05) is 12.1 Å². The van der Waals surface area contributed by atoms with Crippen molar-refractivity contribution in [3.05, 3.63) is 0 Å². The summed E-state index contributed by atoms with van der Waals surface area (Å²) in [4.78, 5) is 0. The van der Waals surface area contributed by atoms with Gasteiger partial charge in [-0.05, 0) is 31.7 Å². The summed E-state index contributed by atoms with van der Waals surface area (Å²) in [5.41, 5.74) is 0.100. The van der Waals surface area contributed by atoms with Gasteiger partial charge in [-0.25, -0.2) is 13.1 Å². The fourth-order valence-electron chi connectivity index (χ4n) is 2.40. The van der Waals surface area contributed by atoms with Crippen LogP contribution in [0.1, 0.15) is 19.3 Å². The van der Waals surface area contributed by atoms with Crippen LogP contribution in [0.3, 0.4) is 0 Å². The second-order valence-corrected chi connectivity index (χ2v) is 6.03. The normalized spacial score (nSPS) is 38.4. The highest BCUT2D eigenvalue weighted by Crippen LogP contribution is 2.43. The van der Waals surface area contributed by atoms with Gasteiger partial charge >= 0.3 is 0 Å². The molecule has 2 N–H and O–H groups in total. The lowest BCUT2D eigenvalue weighted by atomic mass is 9.68. The zero-order valence-electron chi connectivity index (χ0n) is 7.84. The van der Waals surface area contributed by atoms with Crippen LogP contribution in [0.2, 0.25) is 0 Å². The molecule has 76 valence electrons. The molecule has 0 amide bonds. The molecule has 2 rings (SSSR count). The van der Waals surface area contributed by atoms with Crippen LogP contribution in [0.5, 0.6) is 0 Å². The van der Waals surface area contributed by atoms with Crippen LogP contribution in [-0.4, -0.2) is 33.3 Å². The molecule has 0 aromatic rings. The van der Waals surface area contributed by atoms with Crippen LogP contribution in [0.4, 0.5) is 0 Å². The van der Waals surface area contributed by atoms with Crippen molar-refractivity contribution in [1.29, 1.82) is 0 Å². The fourth-order valence-corrected chi connectivity index (χ4v) is 2.92. The second kappa shape index (κ2) is 2.93. The fraction of sp³-hybridized carbons (Fsp3) is 1.00. The maximum absolute atomic E-state index is 10.9. The van der Waals surface area contributed by atoms with Crippen molar-refractivity contribution in [3.8, 4) is 0 Å². The molecule has 2 aliphatic rings. The van der Waals surface area contributed by atoms with Gasteiger partial charge in [-0.15, -0.1) is 0 Å². The van der Waals surface area contributed by atoms with Crippen LogP contribution in [-0.2, 0) is 10.0 Å². The van der Waals surface area contributed by atoms with Crippen molar-refractivity contribution < 1.29 is 8.42 Å². The van der Waals surface area contributed by atoms with Crippen molar-refractivity contribution >= 4 is 10.0 Å². The molecule has 4 nitrogen and oxygen atoms in total. The summed E-state index contributed by atoms with van der Waals surface area (Å²) in [5, 5.41) is 3.42. The summed E-state index contributed by atoms with van der Waals surface area (Å²) in [6, 6.07) is 0. The van der Waals surface area contributed by atoms with E-state index in [0.717, 1.165) is 13.0 Å². The van der Waals surface area contributed by atoms with Gasteiger partial charge in [-0.1, -0.05) is 0 Å². The van der Waals surface area contributed by atoms with E-state index in [-0.39, 0.29) is 5.54 Å². The van der Waals surface area contributed by atoms with Crippen LogP contribution in [0.25, 0.3) is 0 Å². The average Bonchev–Trinajstić information content (AvgIpc) is 2.24. The molecule has 0 radical (unpaired) electrons. The Balaban J connectivity index is 1.94. The maximum Gasteiger partial charge on any atom is 0.208 e. The van der Waals surface area contributed by atoms with E-state index >= 15 is 0 Å². The SMILES string of the molecule is CS(=O)(=O)NCC12CCC1CCN2. The van der Waals surface area contributed by atoms with E-state index in [9.17, 15) is 8.42 Å². The van der Waals surface area contributed by atoms with Crippen LogP contribution >= 0.6 is 0 Å². The number of sulfonamides is 1. The standard InChI is InChI=1S/C8H16N2O2S/c1-13(11,12)10-6-8-4-2-7(8)3-5-9-8/h7,9-10H,2-6H2,1H3. The first-order valence-corrected chi connectivity index (χ1v) is 6.61. The summed E-state index contributed by atoms with van der Waals surface area (Å²) in [7, 11) is -3.03. The number of fused-ring (bicyclic) bond motifs is 1. The van der Waals surface area contributed by atoms with E-state index in [4.69, 9.17) is 0 Å². The highest BCUT2D eigenvalue weighted by molar-refractivity contribution is 7.88. The van der Waals surface area contributed by atoms with Crippen molar-refractivity contribution in [1.82, 2.24) is 10.0 Å². The van der Waals surface area contributed by atoms with E-state index in [1.54, 1.807) is 0 Å². The third kappa shape index (κ3) is 1.73. The third-order valence-corrected chi connectivity index (χ3v) is 4.01. The van der Waals surface area contributed by atoms with E-state index < -0.39 is 10.0 Å². The minimum atomic E-state index is -3.03. The molecule has 2 fully saturated rings. The molecule has 13 heavy (non-hydrogen) atoms. The van der Waals surface area contributed by atoms with E-state index in [1.807, 2.05) is 0 Å². The first-order valence-electron chi connectivity index (χ1n) is 4.72. The second-order valence-electron chi connectivity index (χ2n) is 4.20. The van der Waals surface area contributed by atoms with Crippen molar-refractivity contribution in [3.63, 3.8) is 0 Å². The van der Waals surface area contributed by atoms with E-state index in [2.05, 4.69) is 10.0 Å². The van der Waals surface area contributed by atoms with Gasteiger partial charge in [0.2, 0.25) is 10.0 Å². The summed E-state index contributed by atoms with van der Waals surface area (Å²) < 4.78 is 24.4. The zero-order valence-corrected chi connectivity index (χ0v) is 8.65. The molecule has 0 aromatic carbocycles. The maximum atomic E-state index is 10.9. The van der Waals surface area contributed by atoms with Crippen molar-refractivity contribution in [2.45, 2.75) is 24.8 Å². The number of hydrogen-bond donors (Lipinski definition) is 2. The number of hydrogen-bond acceptors (Lipinski definition) is 3. The van der Waals surface area contributed by atoms with Crippen LogP contribution in [0.15, 0.2) is 0 Å². The Morgan fingerprint density at radius 2 is 2.31 bits per heavy atom. The van der Waals surface area contributed by atoms with E-state index in [0.29, 0.717) is 12.5 Å². The van der Waals surface area contributed by atoms with Gasteiger partial charge in [-0.3, -0.25) is 0 Å². The molecule has 2 unspecified atom stereocenters. The molecule has 0 spiro atoms. The zero-order chi connectivity index (χ0) is 9.53. The summed E-state index contributed by atoms with van der Waals surface area (Å²) >= 11 is 0. The Hall–Kier alpha value is -0.130. The first-order chi connectivity index (χ1) is 6.02. The molecule has 1 saturated heterocycles. The molecule has 1 heterocycles. The first kappa shape index (κ1) is 9.43. The smallest absolute Gasteiger partial charge is 0.208 e. The number of nitrogens with one attached hydrogen (secondary N) is 2. The lowest BCUT2D eigenvalue weighted by Crippen LogP contribution is -2.59. The van der Waals surface area contributed by atoms with Gasteiger partial charge in [0.15, 0.2) is 0 Å². The van der Waals surface area contributed by atoms with Crippen LogP contribution < -0.4 is 10.0 Å². The van der Waals surface area contributed by atoms with Gasteiger partial charge in [-0.2, -0.15) is 0 Å². The highest BCUT2D eigenvalue weighted by atomic mass is 32.2. The Kier molecular flexibility index (Phi) is 2.13. The highest BCUT2D eigenvalue weighted by Gasteiger charge is 2.49. The number of rotatable bonds is 3. The molecule has 5 heteroatoms. The van der Waals surface area contributed by atoms with Gasteiger partial charge in [0.25, 0.3) is 0 Å². The average molecular weight is 204 g/mol. The summed E-state index contributed by atoms with van der Waals surface area (Å²) in [6.07, 6.45) is 4.77.